The van der Waals surface area contributed by atoms with Crippen molar-refractivity contribution >= 4 is 32.5 Å². The van der Waals surface area contributed by atoms with Gasteiger partial charge in [0.05, 0.1) is 10.4 Å². The Morgan fingerprint density at radius 3 is 2.50 bits per heavy atom. The predicted molar refractivity (Wildman–Crippen MR) is 96.3 cm³/mol. The minimum absolute atomic E-state index is 0.198. The van der Waals surface area contributed by atoms with Crippen molar-refractivity contribution in [3.8, 4) is 0 Å². The summed E-state index contributed by atoms with van der Waals surface area (Å²) in [6, 6.07) is 12.4. The maximum Gasteiger partial charge on any atom is 0.268 e. The first-order chi connectivity index (χ1) is 11.6. The fourth-order valence-electron chi connectivity index (χ4n) is 3.24. The quantitative estimate of drug-likeness (QED) is 0.763. The van der Waals surface area contributed by atoms with Crippen molar-refractivity contribution in [2.75, 3.05) is 13.1 Å². The fourth-order valence-corrected chi connectivity index (χ4v) is 4.88. The molecule has 0 unspecified atom stereocenters. The van der Waals surface area contributed by atoms with Crippen LogP contribution in [0.1, 0.15) is 11.1 Å². The summed E-state index contributed by atoms with van der Waals surface area (Å²) in [5.74, 6) is 0. The average Bonchev–Trinajstić information content (AvgIpc) is 2.84. The van der Waals surface area contributed by atoms with Gasteiger partial charge in [0.1, 0.15) is 0 Å². The van der Waals surface area contributed by atoms with Crippen molar-refractivity contribution < 1.29 is 8.42 Å². The first-order valence-corrected chi connectivity index (χ1v) is 9.72. The van der Waals surface area contributed by atoms with Crippen LogP contribution < -0.4 is 5.32 Å². The van der Waals surface area contributed by atoms with E-state index in [1.54, 1.807) is 24.4 Å². The molecule has 0 atom stereocenters. The van der Waals surface area contributed by atoms with Gasteiger partial charge in [0, 0.05) is 16.6 Å². The number of hydrogen-bond donors (Lipinski definition) is 1. The molecule has 0 radical (unpaired) electrons. The Balaban J connectivity index is 1.89. The summed E-state index contributed by atoms with van der Waals surface area (Å²) in [6.07, 6.45) is 3.50. The van der Waals surface area contributed by atoms with E-state index in [1.165, 1.54) is 21.2 Å². The van der Waals surface area contributed by atoms with E-state index in [4.69, 9.17) is 11.6 Å². The van der Waals surface area contributed by atoms with Crippen LogP contribution in [0.3, 0.4) is 0 Å². The first kappa shape index (κ1) is 15.7. The van der Waals surface area contributed by atoms with Gasteiger partial charge in [-0.1, -0.05) is 17.7 Å². The van der Waals surface area contributed by atoms with E-state index < -0.39 is 10.0 Å². The second-order valence-corrected chi connectivity index (χ2v) is 8.26. The van der Waals surface area contributed by atoms with Gasteiger partial charge in [-0.25, -0.2) is 12.4 Å². The maximum atomic E-state index is 13.0. The van der Waals surface area contributed by atoms with Gasteiger partial charge in [-0.05, 0) is 73.5 Å². The molecule has 0 aliphatic carbocycles. The molecule has 0 amide bonds. The van der Waals surface area contributed by atoms with Crippen LogP contribution in [0.2, 0.25) is 5.02 Å². The highest BCUT2D eigenvalue weighted by Crippen LogP contribution is 2.27. The Kier molecular flexibility index (Phi) is 3.87. The molecule has 0 spiro atoms. The van der Waals surface area contributed by atoms with Crippen molar-refractivity contribution in [1.82, 2.24) is 9.29 Å². The second kappa shape index (κ2) is 5.92. The number of halogens is 1. The number of hydrogen-bond acceptors (Lipinski definition) is 3. The molecule has 1 N–H and O–H groups in total. The molecular formula is C18H17ClN2O2S. The van der Waals surface area contributed by atoms with Crippen molar-refractivity contribution in [2.24, 2.45) is 0 Å². The van der Waals surface area contributed by atoms with Gasteiger partial charge in [-0.2, -0.15) is 0 Å². The monoisotopic (exact) mass is 360 g/mol. The van der Waals surface area contributed by atoms with Crippen LogP contribution >= 0.6 is 11.6 Å². The molecule has 6 heteroatoms. The van der Waals surface area contributed by atoms with Crippen LogP contribution in [-0.2, 0) is 22.9 Å². The molecule has 2 aromatic carbocycles. The van der Waals surface area contributed by atoms with Crippen LogP contribution in [0.4, 0.5) is 0 Å². The SMILES string of the molecule is O=S(=O)(c1cccc(Cl)c1)n1ccc2cc3c(cc21)CCNCC3. The van der Waals surface area contributed by atoms with Crippen molar-refractivity contribution in [3.05, 3.63) is 64.8 Å². The van der Waals surface area contributed by atoms with E-state index >= 15 is 0 Å². The van der Waals surface area contributed by atoms with E-state index in [2.05, 4.69) is 11.4 Å². The van der Waals surface area contributed by atoms with Gasteiger partial charge in [-0.15, -0.1) is 0 Å². The number of nitrogens with zero attached hydrogens (tertiary/aromatic N) is 1. The van der Waals surface area contributed by atoms with Crippen LogP contribution in [0.25, 0.3) is 10.9 Å². The molecule has 0 saturated carbocycles. The fraction of sp³-hybridized carbons (Fsp3) is 0.222. The summed E-state index contributed by atoms with van der Waals surface area (Å²) in [5.41, 5.74) is 3.23. The molecule has 4 nitrogen and oxygen atoms in total. The van der Waals surface area contributed by atoms with Gasteiger partial charge >= 0.3 is 0 Å². The van der Waals surface area contributed by atoms with E-state index in [0.29, 0.717) is 5.02 Å². The third-order valence-corrected chi connectivity index (χ3v) is 6.39. The summed E-state index contributed by atoms with van der Waals surface area (Å²) >= 11 is 5.96. The number of fused-ring (bicyclic) bond motifs is 2. The lowest BCUT2D eigenvalue weighted by Gasteiger charge is -2.10. The van der Waals surface area contributed by atoms with Gasteiger partial charge < -0.3 is 5.32 Å². The zero-order valence-corrected chi connectivity index (χ0v) is 14.6. The highest BCUT2D eigenvalue weighted by molar-refractivity contribution is 7.90. The smallest absolute Gasteiger partial charge is 0.268 e. The zero-order chi connectivity index (χ0) is 16.7. The minimum atomic E-state index is -3.66. The number of benzene rings is 2. The van der Waals surface area contributed by atoms with E-state index in [1.807, 2.05) is 12.1 Å². The topological polar surface area (TPSA) is 51.1 Å². The van der Waals surface area contributed by atoms with Crippen LogP contribution in [0.15, 0.2) is 53.6 Å². The number of nitrogens with one attached hydrogen (secondary N) is 1. The lowest BCUT2D eigenvalue weighted by Crippen LogP contribution is -2.16. The first-order valence-electron chi connectivity index (χ1n) is 7.90. The van der Waals surface area contributed by atoms with E-state index in [-0.39, 0.29) is 4.90 Å². The molecule has 1 aliphatic rings. The molecule has 24 heavy (non-hydrogen) atoms. The molecular weight excluding hydrogens is 344 g/mol. The Morgan fingerprint density at radius 2 is 1.75 bits per heavy atom. The number of aromatic nitrogens is 1. The molecule has 124 valence electrons. The molecule has 0 bridgehead atoms. The molecule has 4 rings (SSSR count). The maximum absolute atomic E-state index is 13.0. The van der Waals surface area contributed by atoms with Gasteiger partial charge in [0.15, 0.2) is 0 Å². The van der Waals surface area contributed by atoms with Gasteiger partial charge in [-0.3, -0.25) is 0 Å². The Labute approximate surface area is 146 Å². The standard InChI is InChI=1S/C18H17ClN2O2S/c19-16-2-1-3-17(12-16)24(22,23)21-9-6-15-10-13-4-7-20-8-5-14(13)11-18(15)21/h1-3,6,9-12,20H,4-5,7-8H2. The molecule has 1 aromatic heterocycles. The third-order valence-electron chi connectivity index (χ3n) is 4.47. The lowest BCUT2D eigenvalue weighted by molar-refractivity contribution is 0.589. The Bertz CT molecular complexity index is 1020. The Morgan fingerprint density at radius 1 is 1.00 bits per heavy atom. The predicted octanol–water partition coefficient (Wildman–Crippen LogP) is 3.22. The van der Waals surface area contributed by atoms with E-state index in [0.717, 1.165) is 36.8 Å². The average molecular weight is 361 g/mol. The summed E-state index contributed by atoms with van der Waals surface area (Å²) in [4.78, 5) is 0.198. The third kappa shape index (κ3) is 2.62. The highest BCUT2D eigenvalue weighted by atomic mass is 35.5. The lowest BCUT2D eigenvalue weighted by atomic mass is 10.0. The van der Waals surface area contributed by atoms with Crippen LogP contribution in [-0.4, -0.2) is 25.5 Å². The summed E-state index contributed by atoms with van der Waals surface area (Å²) in [7, 11) is -3.66. The summed E-state index contributed by atoms with van der Waals surface area (Å²) < 4.78 is 27.3. The molecule has 0 saturated heterocycles. The molecule has 0 fully saturated rings. The Hall–Kier alpha value is -1.82. The van der Waals surface area contributed by atoms with Crippen molar-refractivity contribution in [1.29, 1.82) is 0 Å². The van der Waals surface area contributed by atoms with Crippen molar-refractivity contribution in [2.45, 2.75) is 17.7 Å². The molecule has 1 aliphatic heterocycles. The van der Waals surface area contributed by atoms with Crippen molar-refractivity contribution in [3.63, 3.8) is 0 Å². The zero-order valence-electron chi connectivity index (χ0n) is 13.0. The highest BCUT2D eigenvalue weighted by Gasteiger charge is 2.20. The minimum Gasteiger partial charge on any atom is -0.316 e. The largest absolute Gasteiger partial charge is 0.316 e. The summed E-state index contributed by atoms with van der Waals surface area (Å²) in [5, 5.41) is 4.73. The normalized spacial score (nSPS) is 15.2. The molecule has 2 heterocycles. The van der Waals surface area contributed by atoms with Gasteiger partial charge in [0.25, 0.3) is 10.0 Å². The van der Waals surface area contributed by atoms with E-state index in [9.17, 15) is 8.42 Å². The van der Waals surface area contributed by atoms with Crippen LogP contribution in [0.5, 0.6) is 0 Å². The summed E-state index contributed by atoms with van der Waals surface area (Å²) in [6.45, 7) is 1.88. The van der Waals surface area contributed by atoms with Gasteiger partial charge in [0.2, 0.25) is 0 Å². The second-order valence-electron chi connectivity index (χ2n) is 6.00. The number of rotatable bonds is 2. The van der Waals surface area contributed by atoms with Crippen LogP contribution in [0, 0.1) is 0 Å². The molecule has 3 aromatic rings.